The maximum absolute atomic E-state index is 11.8. The van der Waals surface area contributed by atoms with Gasteiger partial charge >= 0.3 is 0 Å². The second-order valence-electron chi connectivity index (χ2n) is 3.86. The minimum absolute atomic E-state index is 0.0673. The van der Waals surface area contributed by atoms with Crippen molar-refractivity contribution in [2.45, 2.75) is 6.10 Å². The van der Waals surface area contributed by atoms with Crippen LogP contribution < -0.4 is 5.32 Å². The van der Waals surface area contributed by atoms with Crippen LogP contribution in [-0.4, -0.2) is 50.2 Å². The van der Waals surface area contributed by atoms with E-state index in [-0.39, 0.29) is 12.0 Å². The zero-order valence-electron chi connectivity index (χ0n) is 9.31. The van der Waals surface area contributed by atoms with Gasteiger partial charge in [0.1, 0.15) is 0 Å². The van der Waals surface area contributed by atoms with Crippen molar-refractivity contribution in [2.75, 3.05) is 33.3 Å². The summed E-state index contributed by atoms with van der Waals surface area (Å²) >= 11 is 0. The molecule has 1 aromatic rings. The fourth-order valence-corrected chi connectivity index (χ4v) is 1.71. The van der Waals surface area contributed by atoms with Gasteiger partial charge in [-0.15, -0.1) is 0 Å². The molecule has 1 aliphatic rings. The second-order valence-corrected chi connectivity index (χ2v) is 3.86. The van der Waals surface area contributed by atoms with E-state index in [9.17, 15) is 4.79 Å². The molecule has 1 unspecified atom stereocenters. The highest BCUT2D eigenvalue weighted by atomic mass is 16.5. The minimum Gasteiger partial charge on any atom is -0.459 e. The summed E-state index contributed by atoms with van der Waals surface area (Å²) in [6.07, 6.45) is 1.57. The SMILES string of the molecule is CN(CC1CNCCO1)C(=O)c1ccco1. The maximum Gasteiger partial charge on any atom is 0.289 e. The van der Waals surface area contributed by atoms with Gasteiger partial charge in [0, 0.05) is 26.7 Å². The molecule has 5 heteroatoms. The summed E-state index contributed by atoms with van der Waals surface area (Å²) in [5, 5.41) is 3.23. The molecule has 1 N–H and O–H groups in total. The first-order valence-corrected chi connectivity index (χ1v) is 5.38. The number of carbonyl (C=O) groups is 1. The number of likely N-dealkylation sites (N-methyl/N-ethyl adjacent to an activating group) is 1. The summed E-state index contributed by atoms with van der Waals surface area (Å²) < 4.78 is 10.6. The van der Waals surface area contributed by atoms with E-state index in [1.54, 1.807) is 24.1 Å². The summed E-state index contributed by atoms with van der Waals surface area (Å²) in [4.78, 5) is 13.5. The lowest BCUT2D eigenvalue weighted by Crippen LogP contribution is -2.45. The van der Waals surface area contributed by atoms with Crippen molar-refractivity contribution in [3.8, 4) is 0 Å². The van der Waals surface area contributed by atoms with Crippen molar-refractivity contribution in [3.05, 3.63) is 24.2 Å². The summed E-state index contributed by atoms with van der Waals surface area (Å²) in [6.45, 7) is 2.95. The number of amides is 1. The lowest BCUT2D eigenvalue weighted by Gasteiger charge is -2.27. The van der Waals surface area contributed by atoms with E-state index in [2.05, 4.69) is 5.32 Å². The number of morpholine rings is 1. The molecule has 5 nitrogen and oxygen atoms in total. The van der Waals surface area contributed by atoms with Crippen molar-refractivity contribution in [1.82, 2.24) is 10.2 Å². The van der Waals surface area contributed by atoms with Crippen LogP contribution in [0.3, 0.4) is 0 Å². The average molecular weight is 224 g/mol. The molecular weight excluding hydrogens is 208 g/mol. The number of hydrogen-bond acceptors (Lipinski definition) is 4. The van der Waals surface area contributed by atoms with Crippen LogP contribution in [-0.2, 0) is 4.74 Å². The predicted molar refractivity (Wildman–Crippen MR) is 58.3 cm³/mol. The first-order valence-electron chi connectivity index (χ1n) is 5.38. The molecule has 1 atom stereocenters. The molecule has 88 valence electrons. The molecule has 0 spiro atoms. The van der Waals surface area contributed by atoms with Crippen LogP contribution in [0.2, 0.25) is 0 Å². The van der Waals surface area contributed by atoms with Crippen LogP contribution in [0.1, 0.15) is 10.6 Å². The van der Waals surface area contributed by atoms with Gasteiger partial charge in [0.25, 0.3) is 5.91 Å². The molecule has 1 fully saturated rings. The molecule has 1 aliphatic heterocycles. The van der Waals surface area contributed by atoms with Gasteiger partial charge in [0.05, 0.1) is 19.0 Å². The van der Waals surface area contributed by atoms with Gasteiger partial charge in [-0.05, 0) is 12.1 Å². The monoisotopic (exact) mass is 224 g/mol. The molecule has 1 amide bonds. The van der Waals surface area contributed by atoms with E-state index < -0.39 is 0 Å². The van der Waals surface area contributed by atoms with Crippen molar-refractivity contribution < 1.29 is 13.9 Å². The fraction of sp³-hybridized carbons (Fsp3) is 0.545. The Balaban J connectivity index is 1.87. The predicted octanol–water partition coefficient (Wildman–Crippen LogP) is 0.340. The molecule has 0 aromatic carbocycles. The second kappa shape index (κ2) is 5.14. The highest BCUT2D eigenvalue weighted by molar-refractivity contribution is 5.91. The molecule has 0 saturated carbocycles. The molecule has 1 saturated heterocycles. The van der Waals surface area contributed by atoms with E-state index in [0.29, 0.717) is 18.9 Å². The Labute approximate surface area is 94.4 Å². The number of furan rings is 1. The van der Waals surface area contributed by atoms with Crippen LogP contribution >= 0.6 is 0 Å². The minimum atomic E-state index is -0.112. The zero-order chi connectivity index (χ0) is 11.4. The highest BCUT2D eigenvalue weighted by Crippen LogP contribution is 2.06. The Bertz CT molecular complexity index is 331. The number of hydrogen-bond donors (Lipinski definition) is 1. The normalized spacial score (nSPS) is 20.7. The average Bonchev–Trinajstić information content (AvgIpc) is 2.83. The lowest BCUT2D eigenvalue weighted by molar-refractivity contribution is 0.00972. The Hall–Kier alpha value is -1.33. The molecule has 16 heavy (non-hydrogen) atoms. The van der Waals surface area contributed by atoms with Crippen LogP contribution in [0, 0.1) is 0 Å². The van der Waals surface area contributed by atoms with Gasteiger partial charge in [-0.2, -0.15) is 0 Å². The Morgan fingerprint density at radius 3 is 3.19 bits per heavy atom. The third-order valence-corrected chi connectivity index (χ3v) is 2.56. The summed E-state index contributed by atoms with van der Waals surface area (Å²) in [6, 6.07) is 3.37. The molecule has 1 aromatic heterocycles. The van der Waals surface area contributed by atoms with Crippen molar-refractivity contribution >= 4 is 5.91 Å². The summed E-state index contributed by atoms with van der Waals surface area (Å²) in [5.41, 5.74) is 0. The Morgan fingerprint density at radius 1 is 1.69 bits per heavy atom. The number of nitrogens with one attached hydrogen (secondary N) is 1. The van der Waals surface area contributed by atoms with Gasteiger partial charge in [-0.3, -0.25) is 4.79 Å². The molecule has 0 radical (unpaired) electrons. The van der Waals surface area contributed by atoms with E-state index in [0.717, 1.165) is 13.1 Å². The summed E-state index contributed by atoms with van der Waals surface area (Å²) in [7, 11) is 1.75. The van der Waals surface area contributed by atoms with Crippen LogP contribution in [0.25, 0.3) is 0 Å². The number of ether oxygens (including phenoxy) is 1. The quantitative estimate of drug-likeness (QED) is 0.804. The number of nitrogens with zero attached hydrogens (tertiary/aromatic N) is 1. The van der Waals surface area contributed by atoms with E-state index in [1.807, 2.05) is 0 Å². The first kappa shape index (κ1) is 11.2. The first-order chi connectivity index (χ1) is 7.77. The molecule has 0 bridgehead atoms. The van der Waals surface area contributed by atoms with Gasteiger partial charge in [0.15, 0.2) is 5.76 Å². The fourth-order valence-electron chi connectivity index (χ4n) is 1.71. The largest absolute Gasteiger partial charge is 0.459 e. The summed E-state index contributed by atoms with van der Waals surface area (Å²) in [5.74, 6) is 0.255. The van der Waals surface area contributed by atoms with Gasteiger partial charge in [-0.1, -0.05) is 0 Å². The van der Waals surface area contributed by atoms with Gasteiger partial charge in [-0.25, -0.2) is 0 Å². The Morgan fingerprint density at radius 2 is 2.56 bits per heavy atom. The number of rotatable bonds is 3. The standard InChI is InChI=1S/C11H16N2O3/c1-13(8-9-7-12-4-6-15-9)11(14)10-3-2-5-16-10/h2-3,5,9,12H,4,6-8H2,1H3. The maximum atomic E-state index is 11.8. The molecule has 2 rings (SSSR count). The van der Waals surface area contributed by atoms with E-state index in [1.165, 1.54) is 6.26 Å². The lowest BCUT2D eigenvalue weighted by atomic mass is 10.3. The zero-order valence-corrected chi connectivity index (χ0v) is 9.31. The van der Waals surface area contributed by atoms with Crippen LogP contribution in [0.4, 0.5) is 0 Å². The highest BCUT2D eigenvalue weighted by Gasteiger charge is 2.20. The van der Waals surface area contributed by atoms with Crippen molar-refractivity contribution in [2.24, 2.45) is 0 Å². The smallest absolute Gasteiger partial charge is 0.289 e. The van der Waals surface area contributed by atoms with Crippen molar-refractivity contribution in [1.29, 1.82) is 0 Å². The van der Waals surface area contributed by atoms with Gasteiger partial charge < -0.3 is 19.4 Å². The van der Waals surface area contributed by atoms with Crippen LogP contribution in [0.15, 0.2) is 22.8 Å². The van der Waals surface area contributed by atoms with Crippen LogP contribution in [0.5, 0.6) is 0 Å². The number of carbonyl (C=O) groups excluding carboxylic acids is 1. The van der Waals surface area contributed by atoms with Gasteiger partial charge in [0.2, 0.25) is 0 Å². The third-order valence-electron chi connectivity index (χ3n) is 2.56. The molecule has 2 heterocycles. The molecular formula is C11H16N2O3. The molecule has 0 aliphatic carbocycles. The topological polar surface area (TPSA) is 54.7 Å². The van der Waals surface area contributed by atoms with E-state index in [4.69, 9.17) is 9.15 Å². The van der Waals surface area contributed by atoms with E-state index >= 15 is 0 Å². The van der Waals surface area contributed by atoms with Crippen molar-refractivity contribution in [3.63, 3.8) is 0 Å². The Kier molecular flexibility index (Phi) is 3.58. The third kappa shape index (κ3) is 2.62.